The summed E-state index contributed by atoms with van der Waals surface area (Å²) in [6, 6.07) is 109. The monoisotopic (exact) mass is 1390 g/mol. The first-order valence-corrected chi connectivity index (χ1v) is 32.2. The molecule has 4 heterocycles. The topological polar surface area (TPSA) is 38.5 Å². The minimum Gasteiger partial charge on any atom is -0.509 e. The van der Waals surface area contributed by atoms with Crippen molar-refractivity contribution in [3.8, 4) is 56.4 Å². The van der Waals surface area contributed by atoms with E-state index in [-0.39, 0.29) is 31.9 Å². The second-order valence-electron chi connectivity index (χ2n) is 26.8. The summed E-state index contributed by atoms with van der Waals surface area (Å²) in [7, 11) is 0. The van der Waals surface area contributed by atoms with E-state index in [0.29, 0.717) is 11.5 Å². The zero-order chi connectivity index (χ0) is 62.7. The molecule has 0 bridgehead atoms. The fourth-order valence-electron chi connectivity index (χ4n) is 14.8. The van der Waals surface area contributed by atoms with E-state index < -0.39 is 5.41 Å². The van der Waals surface area contributed by atoms with Crippen LogP contribution in [0.1, 0.15) is 74.9 Å². The van der Waals surface area contributed by atoms with Crippen LogP contribution in [0, 0.1) is 18.8 Å². The molecular formula is C87H66N5OPt-3. The van der Waals surface area contributed by atoms with Gasteiger partial charge in [0.15, 0.2) is 0 Å². The first-order valence-electron chi connectivity index (χ1n) is 32.2. The van der Waals surface area contributed by atoms with Crippen LogP contribution in [-0.4, -0.2) is 14.1 Å². The number of benzene rings is 12. The third kappa shape index (κ3) is 9.44. The average molecular weight is 1390 g/mol. The number of aromatic nitrogens is 3. The molecule has 0 saturated carbocycles. The van der Waals surface area contributed by atoms with Crippen molar-refractivity contribution < 1.29 is 25.8 Å². The maximum absolute atomic E-state index is 6.97. The molecule has 0 N–H and O–H groups in total. The third-order valence-corrected chi connectivity index (χ3v) is 19.2. The van der Waals surface area contributed by atoms with Crippen LogP contribution in [0.25, 0.3) is 88.5 Å². The van der Waals surface area contributed by atoms with Crippen molar-refractivity contribution in [3.05, 3.63) is 337 Å². The zero-order valence-electron chi connectivity index (χ0n) is 53.2. The molecule has 0 amide bonds. The minimum atomic E-state index is -0.665. The van der Waals surface area contributed by atoms with Crippen molar-refractivity contribution >= 4 is 66.4 Å². The average Bonchev–Trinajstić information content (AvgIpc) is 1.52. The fraction of sp³-hybridized carbons (Fsp3) is 0.103. The van der Waals surface area contributed by atoms with Crippen LogP contribution < -0.4 is 14.5 Å². The van der Waals surface area contributed by atoms with Crippen molar-refractivity contribution in [1.29, 1.82) is 0 Å². The van der Waals surface area contributed by atoms with Gasteiger partial charge in [0.25, 0.3) is 0 Å². The van der Waals surface area contributed by atoms with Gasteiger partial charge in [-0.05, 0) is 126 Å². The molecule has 2 aliphatic rings. The first-order chi connectivity index (χ1) is 45.4. The molecule has 6 nitrogen and oxygen atoms in total. The molecule has 12 aromatic carbocycles. The summed E-state index contributed by atoms with van der Waals surface area (Å²) in [6.45, 7) is 16.2. The Morgan fingerprint density at radius 2 is 0.904 bits per heavy atom. The van der Waals surface area contributed by atoms with Gasteiger partial charge in [0.2, 0.25) is 0 Å². The van der Waals surface area contributed by atoms with E-state index in [1.54, 1.807) is 0 Å². The van der Waals surface area contributed by atoms with Crippen molar-refractivity contribution in [3.63, 3.8) is 0 Å². The van der Waals surface area contributed by atoms with E-state index in [1.165, 1.54) is 49.7 Å². The molecule has 0 saturated heterocycles. The van der Waals surface area contributed by atoms with E-state index in [0.717, 1.165) is 94.9 Å². The van der Waals surface area contributed by atoms with Crippen molar-refractivity contribution in [2.24, 2.45) is 0 Å². The second-order valence-corrected chi connectivity index (χ2v) is 26.8. The quantitative estimate of drug-likeness (QED) is 0.128. The SMILES string of the molecule is CC(C)(C)c1cc(C(C)(C)C)cc(C2(c3ccnc(-n4c5[c-]c(Oc6[c-]c(N7[CH-]N(c8c(-c9ccccc9)cc(-n9c%10ccccc%10c%10ccccc%109)cc8-c8ccccc8)c8ccccc87)ccc6)ccc5c5ccccc54)c3)c3ccccc3-c3ccccc32)c1.[Pt]. The van der Waals surface area contributed by atoms with Crippen LogP contribution in [-0.2, 0) is 37.3 Å². The van der Waals surface area contributed by atoms with Crippen LogP contribution >= 0.6 is 0 Å². The molecule has 0 atom stereocenters. The smallest absolute Gasteiger partial charge is 0.135 e. The Morgan fingerprint density at radius 3 is 1.49 bits per heavy atom. The molecule has 3 aromatic heterocycles. The van der Waals surface area contributed by atoms with Crippen LogP contribution in [0.3, 0.4) is 0 Å². The number of nitrogens with zero attached hydrogens (tertiary/aromatic N) is 5. The van der Waals surface area contributed by atoms with Crippen molar-refractivity contribution in [1.82, 2.24) is 14.1 Å². The van der Waals surface area contributed by atoms with E-state index >= 15 is 0 Å². The maximum Gasteiger partial charge on any atom is 0.135 e. The predicted molar refractivity (Wildman–Crippen MR) is 384 cm³/mol. The van der Waals surface area contributed by atoms with Gasteiger partial charge in [-0.1, -0.05) is 241 Å². The normalized spacial score (nSPS) is 13.3. The van der Waals surface area contributed by atoms with Gasteiger partial charge < -0.3 is 23.7 Å². The van der Waals surface area contributed by atoms with Gasteiger partial charge in [0.1, 0.15) is 5.82 Å². The van der Waals surface area contributed by atoms with E-state index in [1.807, 2.05) is 24.4 Å². The van der Waals surface area contributed by atoms with Gasteiger partial charge in [-0.25, -0.2) is 4.98 Å². The van der Waals surface area contributed by atoms with Gasteiger partial charge in [-0.2, -0.15) is 12.1 Å². The van der Waals surface area contributed by atoms with Crippen LogP contribution in [0.4, 0.5) is 22.7 Å². The number of rotatable bonds is 10. The second kappa shape index (κ2) is 22.7. The molecule has 0 spiro atoms. The van der Waals surface area contributed by atoms with E-state index in [2.05, 4.69) is 340 Å². The molecule has 0 fully saturated rings. The first kappa shape index (κ1) is 58.6. The molecule has 7 heteroatoms. The Hall–Kier alpha value is -10.5. The van der Waals surface area contributed by atoms with Gasteiger partial charge in [-0.15, -0.1) is 48.1 Å². The van der Waals surface area contributed by atoms with Gasteiger partial charge >= 0.3 is 0 Å². The summed E-state index contributed by atoms with van der Waals surface area (Å²) in [4.78, 5) is 9.87. The number of para-hydroxylation sites is 5. The molecule has 1 aliphatic heterocycles. The zero-order valence-corrected chi connectivity index (χ0v) is 55.4. The van der Waals surface area contributed by atoms with Gasteiger partial charge in [0.05, 0.1) is 16.4 Å². The summed E-state index contributed by atoms with van der Waals surface area (Å²) >= 11 is 0. The van der Waals surface area contributed by atoms with Crippen molar-refractivity contribution in [2.45, 2.75) is 57.8 Å². The Kier molecular flexibility index (Phi) is 14.1. The molecule has 94 heavy (non-hydrogen) atoms. The molecule has 17 rings (SSSR count). The van der Waals surface area contributed by atoms with Crippen LogP contribution in [0.5, 0.6) is 11.5 Å². The molecule has 15 aromatic rings. The molecular weight excluding hydrogens is 1330 g/mol. The number of pyridine rings is 1. The summed E-state index contributed by atoms with van der Waals surface area (Å²) in [5.74, 6) is 1.92. The van der Waals surface area contributed by atoms with E-state index in [9.17, 15) is 0 Å². The summed E-state index contributed by atoms with van der Waals surface area (Å²) < 4.78 is 11.7. The summed E-state index contributed by atoms with van der Waals surface area (Å²) in [6.07, 6.45) is 2.00. The maximum atomic E-state index is 6.97. The Labute approximate surface area is 563 Å². The third-order valence-electron chi connectivity index (χ3n) is 19.2. The van der Waals surface area contributed by atoms with Gasteiger partial charge in [0, 0.05) is 88.9 Å². The molecule has 0 radical (unpaired) electrons. The number of anilines is 4. The standard InChI is InChI=1S/C87H66N5O.Pt/c1-85(2,3)60-48-61(86(4,5)6)50-62(49-60)87(75-37-18-13-32-67(75)68-33-14-19-38-76(68)87)59-46-47-88-83(51-59)92-79-41-22-17-36-71(79)72-45-44-66(55-82(72)92)93-65-31-25-30-63(52-65)89-56-90(81-43-24-23-42-80(81)89)84-73(57-26-9-7-10-27-57)53-64(54-74(84)58-28-11-8-12-29-58)91-77-39-20-15-34-69(77)70-35-16-21-40-78(70)91;/h7-51,53-54,56H,1-6H3;/q-3;. The number of ether oxygens (including phenoxy) is 1. The largest absolute Gasteiger partial charge is 0.509 e. The van der Waals surface area contributed by atoms with Crippen LogP contribution in [0.15, 0.2) is 285 Å². The number of fused-ring (bicyclic) bond motifs is 10. The predicted octanol–water partition coefficient (Wildman–Crippen LogP) is 22.4. The molecule has 458 valence electrons. The summed E-state index contributed by atoms with van der Waals surface area (Å²) in [5.41, 5.74) is 22.9. The number of hydrogen-bond acceptors (Lipinski definition) is 4. The Balaban J connectivity index is 0.00000699. The Morgan fingerprint density at radius 1 is 0.404 bits per heavy atom. The minimum absolute atomic E-state index is 0. The summed E-state index contributed by atoms with van der Waals surface area (Å²) in [5, 5.41) is 4.60. The Bertz CT molecular complexity index is 5260. The van der Waals surface area contributed by atoms with Crippen molar-refractivity contribution in [2.75, 3.05) is 9.80 Å². The van der Waals surface area contributed by atoms with Gasteiger partial charge in [-0.3, -0.25) is 0 Å². The molecule has 0 unspecified atom stereocenters. The van der Waals surface area contributed by atoms with E-state index in [4.69, 9.17) is 9.72 Å². The fourth-order valence-corrected chi connectivity index (χ4v) is 14.8. The van der Waals surface area contributed by atoms with Crippen LogP contribution in [0.2, 0.25) is 0 Å². The number of hydrogen-bond donors (Lipinski definition) is 0. The molecule has 1 aliphatic carbocycles.